The van der Waals surface area contributed by atoms with Gasteiger partial charge in [-0.25, -0.2) is 4.39 Å². The first-order valence-corrected chi connectivity index (χ1v) is 5.72. The fraction of sp³-hybridized carbons (Fsp3) is 0.417. The smallest absolute Gasteiger partial charge is 0.336 e. The zero-order valence-corrected chi connectivity index (χ0v) is 11.1. The van der Waals surface area contributed by atoms with Crippen LogP contribution in [-0.4, -0.2) is 30.9 Å². The Labute approximate surface area is 119 Å². The molecule has 0 radical (unpaired) electrons. The molecule has 2 rings (SSSR count). The molecule has 1 aliphatic heterocycles. The molecule has 8 heteroatoms. The lowest BCUT2D eigenvalue weighted by Crippen LogP contribution is -2.45. The first kappa shape index (κ1) is 16.7. The van der Waals surface area contributed by atoms with E-state index in [1.54, 1.807) is 0 Å². The second-order valence-electron chi connectivity index (χ2n) is 4.29. The van der Waals surface area contributed by atoms with E-state index in [-0.39, 0.29) is 24.5 Å². The molecule has 1 N–H and O–H groups in total. The monoisotopic (exact) mass is 312 g/mol. The van der Waals surface area contributed by atoms with Gasteiger partial charge in [0.25, 0.3) is 0 Å². The third-order valence-corrected chi connectivity index (χ3v) is 3.10. The number of carbonyl (C=O) groups is 1. The minimum absolute atomic E-state index is 0. The van der Waals surface area contributed by atoms with Crippen molar-refractivity contribution >= 4 is 18.8 Å². The molecule has 0 saturated carbocycles. The number of alkyl halides is 3. The van der Waals surface area contributed by atoms with Gasteiger partial charge in [0.05, 0.1) is 11.6 Å². The zero-order chi connectivity index (χ0) is 14.0. The van der Waals surface area contributed by atoms with E-state index in [0.717, 1.165) is 12.1 Å². The van der Waals surface area contributed by atoms with E-state index in [2.05, 4.69) is 5.32 Å². The molecule has 1 saturated heterocycles. The van der Waals surface area contributed by atoms with Crippen LogP contribution in [0.3, 0.4) is 0 Å². The minimum Gasteiger partial charge on any atom is -0.336 e. The molecule has 1 aromatic carbocycles. The van der Waals surface area contributed by atoms with E-state index >= 15 is 0 Å². The van der Waals surface area contributed by atoms with E-state index < -0.39 is 23.6 Å². The highest BCUT2D eigenvalue weighted by Crippen LogP contribution is 2.36. The number of hydrogen-bond donors (Lipinski definition) is 1. The Morgan fingerprint density at radius 3 is 2.65 bits per heavy atom. The Kier molecular flexibility index (Phi) is 5.35. The Morgan fingerprint density at radius 2 is 2.05 bits per heavy atom. The fourth-order valence-corrected chi connectivity index (χ4v) is 2.20. The summed E-state index contributed by atoms with van der Waals surface area (Å²) in [4.78, 5) is 12.2. The Balaban J connectivity index is 0.00000200. The number of benzene rings is 1. The number of halogens is 5. The van der Waals surface area contributed by atoms with Crippen LogP contribution in [0.15, 0.2) is 18.2 Å². The largest absolute Gasteiger partial charge is 0.416 e. The van der Waals surface area contributed by atoms with Gasteiger partial charge in [0.1, 0.15) is 5.82 Å². The summed E-state index contributed by atoms with van der Waals surface area (Å²) in [7, 11) is 0. The summed E-state index contributed by atoms with van der Waals surface area (Å²) in [5.41, 5.74) is -1.12. The van der Waals surface area contributed by atoms with Gasteiger partial charge in [-0.2, -0.15) is 13.2 Å². The van der Waals surface area contributed by atoms with Crippen LogP contribution in [0.2, 0.25) is 0 Å². The SMILES string of the molecule is Cl.O=CN1CCNCC1c1cc(F)ccc1C(F)(F)F. The fourth-order valence-electron chi connectivity index (χ4n) is 2.20. The van der Waals surface area contributed by atoms with Gasteiger partial charge in [-0.05, 0) is 23.8 Å². The Bertz CT molecular complexity index is 481. The number of nitrogens with one attached hydrogen (secondary N) is 1. The van der Waals surface area contributed by atoms with Gasteiger partial charge in [-0.1, -0.05) is 0 Å². The van der Waals surface area contributed by atoms with Gasteiger partial charge < -0.3 is 10.2 Å². The van der Waals surface area contributed by atoms with E-state index in [4.69, 9.17) is 0 Å². The Morgan fingerprint density at radius 1 is 1.35 bits per heavy atom. The molecule has 1 aliphatic rings. The molecule has 1 heterocycles. The predicted molar refractivity (Wildman–Crippen MR) is 67.0 cm³/mol. The lowest BCUT2D eigenvalue weighted by molar-refractivity contribution is -0.139. The van der Waals surface area contributed by atoms with Crippen molar-refractivity contribution in [3.63, 3.8) is 0 Å². The van der Waals surface area contributed by atoms with Gasteiger partial charge >= 0.3 is 6.18 Å². The van der Waals surface area contributed by atoms with E-state index in [0.29, 0.717) is 25.6 Å². The summed E-state index contributed by atoms with van der Waals surface area (Å²) in [6.45, 7) is 0.971. The van der Waals surface area contributed by atoms with Gasteiger partial charge in [-0.3, -0.25) is 4.79 Å². The van der Waals surface area contributed by atoms with Crippen molar-refractivity contribution in [2.45, 2.75) is 12.2 Å². The standard InChI is InChI=1S/C12H12F4N2O.ClH/c13-8-1-2-10(12(14,15)16)9(5-8)11-6-17-3-4-18(11)7-19;/h1-2,5,7,11,17H,3-4,6H2;1H. The van der Waals surface area contributed by atoms with Crippen LogP contribution in [0.5, 0.6) is 0 Å². The minimum atomic E-state index is -4.57. The lowest BCUT2D eigenvalue weighted by Gasteiger charge is -2.34. The summed E-state index contributed by atoms with van der Waals surface area (Å²) >= 11 is 0. The molecule has 1 unspecified atom stereocenters. The highest BCUT2D eigenvalue weighted by Gasteiger charge is 2.37. The van der Waals surface area contributed by atoms with Gasteiger partial charge in [0.2, 0.25) is 6.41 Å². The molecule has 0 aliphatic carbocycles. The predicted octanol–water partition coefficient (Wildman–Crippen LogP) is 2.37. The van der Waals surface area contributed by atoms with E-state index in [9.17, 15) is 22.4 Å². The van der Waals surface area contributed by atoms with Crippen molar-refractivity contribution in [1.29, 1.82) is 0 Å². The summed E-state index contributed by atoms with van der Waals surface area (Å²) in [5.74, 6) is -0.751. The second kappa shape index (κ2) is 6.41. The average Bonchev–Trinajstić information content (AvgIpc) is 2.37. The number of hydrogen-bond acceptors (Lipinski definition) is 2. The molecular weight excluding hydrogens is 300 g/mol. The van der Waals surface area contributed by atoms with Crippen LogP contribution in [0, 0.1) is 5.82 Å². The molecule has 20 heavy (non-hydrogen) atoms. The molecule has 1 aromatic rings. The highest BCUT2D eigenvalue weighted by atomic mass is 35.5. The zero-order valence-electron chi connectivity index (χ0n) is 10.3. The maximum Gasteiger partial charge on any atom is 0.416 e. The molecule has 0 spiro atoms. The van der Waals surface area contributed by atoms with Crippen LogP contribution >= 0.6 is 12.4 Å². The van der Waals surface area contributed by atoms with Crippen molar-refractivity contribution < 1.29 is 22.4 Å². The lowest BCUT2D eigenvalue weighted by atomic mass is 9.97. The first-order chi connectivity index (χ1) is 8.93. The Hall–Kier alpha value is -1.34. The van der Waals surface area contributed by atoms with E-state index in [1.807, 2.05) is 0 Å². The van der Waals surface area contributed by atoms with Crippen molar-refractivity contribution in [2.75, 3.05) is 19.6 Å². The van der Waals surface area contributed by atoms with Crippen molar-refractivity contribution in [1.82, 2.24) is 10.2 Å². The molecule has 0 bridgehead atoms. The molecule has 1 atom stereocenters. The van der Waals surface area contributed by atoms with Gasteiger partial charge in [0.15, 0.2) is 0 Å². The van der Waals surface area contributed by atoms with Gasteiger partial charge in [-0.15, -0.1) is 12.4 Å². The van der Waals surface area contributed by atoms with Crippen LogP contribution in [0.4, 0.5) is 17.6 Å². The third kappa shape index (κ3) is 3.40. The second-order valence-corrected chi connectivity index (χ2v) is 4.29. The molecule has 112 valence electrons. The maximum atomic E-state index is 13.2. The quantitative estimate of drug-likeness (QED) is 0.672. The van der Waals surface area contributed by atoms with E-state index in [1.165, 1.54) is 4.90 Å². The topological polar surface area (TPSA) is 32.3 Å². The number of nitrogens with zero attached hydrogens (tertiary/aromatic N) is 1. The number of rotatable bonds is 2. The van der Waals surface area contributed by atoms with Crippen molar-refractivity contribution in [3.8, 4) is 0 Å². The summed E-state index contributed by atoms with van der Waals surface area (Å²) < 4.78 is 52.0. The highest BCUT2D eigenvalue weighted by molar-refractivity contribution is 5.85. The normalized spacial score (nSPS) is 19.4. The average molecular weight is 313 g/mol. The summed E-state index contributed by atoms with van der Waals surface area (Å²) in [6.07, 6.45) is -4.08. The third-order valence-electron chi connectivity index (χ3n) is 3.10. The number of amides is 1. The number of carbonyl (C=O) groups excluding carboxylic acids is 1. The first-order valence-electron chi connectivity index (χ1n) is 5.72. The summed E-state index contributed by atoms with van der Waals surface area (Å²) in [5, 5.41) is 2.91. The molecule has 0 aromatic heterocycles. The van der Waals surface area contributed by atoms with Crippen molar-refractivity contribution in [2.24, 2.45) is 0 Å². The molecule has 1 fully saturated rings. The van der Waals surface area contributed by atoms with Crippen LogP contribution in [0.1, 0.15) is 17.2 Å². The van der Waals surface area contributed by atoms with Gasteiger partial charge in [0, 0.05) is 19.6 Å². The van der Waals surface area contributed by atoms with Crippen LogP contribution in [-0.2, 0) is 11.0 Å². The maximum absolute atomic E-state index is 13.2. The van der Waals surface area contributed by atoms with Crippen molar-refractivity contribution in [3.05, 3.63) is 35.1 Å². The number of piperazine rings is 1. The summed E-state index contributed by atoms with van der Waals surface area (Å²) in [6, 6.07) is 1.52. The molecule has 3 nitrogen and oxygen atoms in total. The van der Waals surface area contributed by atoms with Crippen LogP contribution in [0.25, 0.3) is 0 Å². The van der Waals surface area contributed by atoms with Crippen LogP contribution < -0.4 is 5.32 Å². The molecular formula is C12H13ClF4N2O. The molecule has 1 amide bonds.